The summed E-state index contributed by atoms with van der Waals surface area (Å²) in [5.74, 6) is 0.667. The fourth-order valence-electron chi connectivity index (χ4n) is 2.19. The quantitative estimate of drug-likeness (QED) is 0.706. The van der Waals surface area contributed by atoms with Gasteiger partial charge in [-0.05, 0) is 37.2 Å². The third kappa shape index (κ3) is 2.87. The minimum Gasteiger partial charge on any atom is -0.814 e. The molecule has 0 saturated heterocycles. The highest BCUT2D eigenvalue weighted by atomic mass is 31.1. The molecule has 1 unspecified atom stereocenters. The van der Waals surface area contributed by atoms with Gasteiger partial charge in [0, 0.05) is 5.71 Å². The van der Waals surface area contributed by atoms with Crippen LogP contribution in [0.4, 0.5) is 0 Å². The molecule has 1 saturated carbocycles. The van der Waals surface area contributed by atoms with Gasteiger partial charge in [-0.1, -0.05) is 39.3 Å². The summed E-state index contributed by atoms with van der Waals surface area (Å²) in [6.45, 7) is 0. The molecule has 1 fully saturated rings. The summed E-state index contributed by atoms with van der Waals surface area (Å²) in [4.78, 5) is 10.4. The molecule has 1 aliphatic carbocycles. The van der Waals surface area contributed by atoms with Crippen molar-refractivity contribution in [2.24, 2.45) is 4.76 Å². The summed E-state index contributed by atoms with van der Waals surface area (Å²) in [5, 5.41) is 0. The van der Waals surface area contributed by atoms with Crippen LogP contribution in [-0.4, -0.2) is 5.71 Å². The molecular weight excluding hydrogens is 205 g/mol. The van der Waals surface area contributed by atoms with E-state index in [-0.39, 0.29) is 0 Å². The Morgan fingerprint density at radius 2 is 1.80 bits per heavy atom. The van der Waals surface area contributed by atoms with Crippen molar-refractivity contribution in [3.63, 3.8) is 0 Å². The van der Waals surface area contributed by atoms with Gasteiger partial charge in [-0.2, -0.15) is 0 Å². The summed E-state index contributed by atoms with van der Waals surface area (Å²) in [5.41, 5.74) is 2.57. The van der Waals surface area contributed by atoms with Crippen molar-refractivity contribution in [1.82, 2.24) is 0 Å². The molecule has 2 rings (SSSR count). The van der Waals surface area contributed by atoms with E-state index >= 15 is 0 Å². The van der Waals surface area contributed by atoms with Crippen LogP contribution in [0, 0.1) is 0 Å². The maximum atomic E-state index is 10.4. The van der Waals surface area contributed by atoms with Crippen LogP contribution in [0.3, 0.4) is 0 Å². The largest absolute Gasteiger partial charge is 0.814 e. The summed E-state index contributed by atoms with van der Waals surface area (Å²) >= 11 is 0. The van der Waals surface area contributed by atoms with Crippen LogP contribution >= 0.6 is 8.96 Å². The zero-order valence-electron chi connectivity index (χ0n) is 8.65. The normalized spacial score (nSPS) is 22.2. The first-order valence-corrected chi connectivity index (χ1v) is 6.23. The molecule has 1 aromatic carbocycles. The topological polar surface area (TPSA) is 35.4 Å². The Morgan fingerprint density at radius 3 is 2.40 bits per heavy atom. The van der Waals surface area contributed by atoms with Gasteiger partial charge in [0.05, 0.1) is 0 Å². The summed E-state index contributed by atoms with van der Waals surface area (Å²) < 4.78 is 4.00. The summed E-state index contributed by atoms with van der Waals surface area (Å²) in [6.07, 6.45) is 4.31. The third-order valence-corrected chi connectivity index (χ3v) is 3.45. The second-order valence-corrected chi connectivity index (χ2v) is 4.36. The maximum Gasteiger partial charge on any atom is 0.0150 e. The van der Waals surface area contributed by atoms with Crippen LogP contribution in [0.5, 0.6) is 0 Å². The lowest BCUT2D eigenvalue weighted by Crippen LogP contribution is -2.12. The van der Waals surface area contributed by atoms with Gasteiger partial charge in [0.2, 0.25) is 0 Å². The van der Waals surface area contributed by atoms with Gasteiger partial charge in [-0.25, -0.2) is 0 Å². The monoisotopic (exact) mass is 220 g/mol. The first-order valence-electron chi connectivity index (χ1n) is 5.37. The van der Waals surface area contributed by atoms with Crippen LogP contribution in [-0.2, 0) is 0 Å². The first-order chi connectivity index (χ1) is 7.40. The van der Waals surface area contributed by atoms with Crippen molar-refractivity contribution in [2.75, 3.05) is 0 Å². The smallest absolute Gasteiger partial charge is 0.0150 e. The van der Waals surface area contributed by atoms with Crippen molar-refractivity contribution >= 4 is 14.7 Å². The van der Waals surface area contributed by atoms with Crippen molar-refractivity contribution in [1.29, 1.82) is 0 Å². The van der Waals surface area contributed by atoms with Crippen LogP contribution in [0.1, 0.15) is 37.2 Å². The molecule has 1 aromatic rings. The Bertz CT molecular complexity index is 327. The number of benzene rings is 1. The molecule has 0 amide bonds. The molecule has 0 radical (unpaired) electrons. The summed E-state index contributed by atoms with van der Waals surface area (Å²) in [6, 6.07) is 10.6. The fourth-order valence-corrected chi connectivity index (χ4v) is 2.54. The maximum absolute atomic E-state index is 10.4. The van der Waals surface area contributed by atoms with Gasteiger partial charge in [0.25, 0.3) is 0 Å². The Kier molecular flexibility index (Phi) is 3.87. The Morgan fingerprint density at radius 1 is 1.13 bits per heavy atom. The van der Waals surface area contributed by atoms with Crippen LogP contribution in [0.25, 0.3) is 0 Å². The van der Waals surface area contributed by atoms with Gasteiger partial charge in [0.1, 0.15) is 0 Å². The number of rotatable bonds is 2. The lowest BCUT2D eigenvalue weighted by Gasteiger charge is -2.23. The second-order valence-electron chi connectivity index (χ2n) is 3.95. The van der Waals surface area contributed by atoms with Crippen molar-refractivity contribution in [2.45, 2.75) is 31.6 Å². The molecule has 1 atom stereocenters. The second kappa shape index (κ2) is 5.39. The van der Waals surface area contributed by atoms with Gasteiger partial charge >= 0.3 is 0 Å². The zero-order chi connectivity index (χ0) is 10.5. The average Bonchev–Trinajstić information content (AvgIpc) is 2.32. The first kappa shape index (κ1) is 10.8. The van der Waals surface area contributed by atoms with E-state index in [0.717, 1.165) is 31.4 Å². The van der Waals surface area contributed by atoms with Crippen LogP contribution in [0.2, 0.25) is 0 Å². The fraction of sp³-hybridized carbons (Fsp3) is 0.417. The predicted octanol–water partition coefficient (Wildman–Crippen LogP) is 2.65. The van der Waals surface area contributed by atoms with Crippen LogP contribution < -0.4 is 4.89 Å². The van der Waals surface area contributed by atoms with Gasteiger partial charge in [0.15, 0.2) is 0 Å². The minimum atomic E-state index is -0.515. The highest BCUT2D eigenvalue weighted by Crippen LogP contribution is 2.31. The average molecular weight is 220 g/mol. The molecule has 2 nitrogen and oxygen atoms in total. The molecule has 0 heterocycles. The standard InChI is InChI=1S/C12H15NOP/c14-15-13-12-8-6-11(7-9-12)10-4-2-1-3-5-10/h1-5,11,15H,6-9H2/q-1. The van der Waals surface area contributed by atoms with E-state index in [1.165, 1.54) is 5.56 Å². The van der Waals surface area contributed by atoms with E-state index in [1.54, 1.807) is 0 Å². The Hall–Kier alpha value is -0.720. The molecule has 0 aliphatic heterocycles. The molecule has 80 valence electrons. The number of hydrogen-bond acceptors (Lipinski definition) is 2. The Balaban J connectivity index is 1.97. The highest BCUT2D eigenvalue weighted by Gasteiger charge is 2.18. The molecular formula is C12H15NOP-. The molecule has 1 aliphatic rings. The Labute approximate surface area is 92.4 Å². The lowest BCUT2D eigenvalue weighted by molar-refractivity contribution is -0.150. The predicted molar refractivity (Wildman–Crippen MR) is 63.4 cm³/mol. The van der Waals surface area contributed by atoms with Crippen LogP contribution in [0.15, 0.2) is 35.1 Å². The molecule has 0 spiro atoms. The van der Waals surface area contributed by atoms with Gasteiger partial charge < -0.3 is 4.89 Å². The highest BCUT2D eigenvalue weighted by molar-refractivity contribution is 7.28. The number of nitrogens with zero attached hydrogens (tertiary/aromatic N) is 1. The number of hydrogen-bond donors (Lipinski definition) is 0. The lowest BCUT2D eigenvalue weighted by atomic mass is 9.83. The molecule has 3 heteroatoms. The van der Waals surface area contributed by atoms with E-state index in [0.29, 0.717) is 5.92 Å². The van der Waals surface area contributed by atoms with E-state index in [1.807, 2.05) is 0 Å². The third-order valence-electron chi connectivity index (χ3n) is 3.04. The van der Waals surface area contributed by atoms with E-state index in [4.69, 9.17) is 0 Å². The van der Waals surface area contributed by atoms with E-state index in [9.17, 15) is 4.89 Å². The SMILES string of the molecule is [O-]PN=C1CCC(c2ccccc2)CC1. The van der Waals surface area contributed by atoms with Crippen molar-refractivity contribution < 1.29 is 4.89 Å². The van der Waals surface area contributed by atoms with Gasteiger partial charge in [-0.3, -0.25) is 4.76 Å². The molecule has 0 bridgehead atoms. The molecule has 15 heavy (non-hydrogen) atoms. The minimum absolute atomic E-state index is 0.515. The van der Waals surface area contributed by atoms with E-state index in [2.05, 4.69) is 35.1 Å². The molecule has 0 aromatic heterocycles. The van der Waals surface area contributed by atoms with Crippen molar-refractivity contribution in [3.05, 3.63) is 35.9 Å². The zero-order valence-corrected chi connectivity index (χ0v) is 9.65. The van der Waals surface area contributed by atoms with Crippen molar-refractivity contribution in [3.8, 4) is 0 Å². The molecule has 0 N–H and O–H groups in total. The van der Waals surface area contributed by atoms with Gasteiger partial charge in [-0.15, -0.1) is 0 Å². The van der Waals surface area contributed by atoms with E-state index < -0.39 is 8.96 Å². The summed E-state index contributed by atoms with van der Waals surface area (Å²) in [7, 11) is -0.515.